The van der Waals surface area contributed by atoms with E-state index in [9.17, 15) is 21.6 Å². The van der Waals surface area contributed by atoms with Gasteiger partial charge in [0.25, 0.3) is 0 Å². The molecule has 0 saturated heterocycles. The van der Waals surface area contributed by atoms with Gasteiger partial charge in [-0.25, -0.2) is 21.6 Å². The van der Waals surface area contributed by atoms with Crippen LogP contribution in [0.5, 0.6) is 0 Å². The molecule has 0 aliphatic rings. The summed E-state index contributed by atoms with van der Waals surface area (Å²) in [5.41, 5.74) is 0.854. The number of hydrogen-bond acceptors (Lipinski definition) is 5. The number of rotatable bonds is 8. The van der Waals surface area contributed by atoms with Crippen LogP contribution in [0.1, 0.15) is 5.56 Å². The first-order chi connectivity index (χ1) is 12.2. The van der Waals surface area contributed by atoms with Gasteiger partial charge in [0.1, 0.15) is 4.90 Å². The van der Waals surface area contributed by atoms with Crippen LogP contribution in [-0.2, 0) is 31.1 Å². The monoisotopic (exact) mass is 396 g/mol. The zero-order valence-corrected chi connectivity index (χ0v) is 15.8. The molecule has 7 nitrogen and oxygen atoms in total. The minimum Gasteiger partial charge on any atom is -0.355 e. The lowest BCUT2D eigenvalue weighted by molar-refractivity contribution is -0.120. The quantitative estimate of drug-likeness (QED) is 0.639. The van der Waals surface area contributed by atoms with Gasteiger partial charge in [0.05, 0.1) is 11.3 Å². The van der Waals surface area contributed by atoms with Crippen molar-refractivity contribution >= 4 is 25.8 Å². The van der Waals surface area contributed by atoms with E-state index in [4.69, 9.17) is 0 Å². The molecule has 1 amide bonds. The molecule has 0 spiro atoms. The highest BCUT2D eigenvalue weighted by atomic mass is 32.2. The number of sulfonamides is 1. The van der Waals surface area contributed by atoms with Gasteiger partial charge >= 0.3 is 0 Å². The Kier molecular flexibility index (Phi) is 6.52. The summed E-state index contributed by atoms with van der Waals surface area (Å²) in [7, 11) is -7.70. The lowest BCUT2D eigenvalue weighted by Crippen LogP contribution is -2.35. The molecule has 9 heteroatoms. The van der Waals surface area contributed by atoms with Crippen molar-refractivity contribution in [3.05, 3.63) is 60.2 Å². The Labute approximate surface area is 153 Å². The first kappa shape index (κ1) is 20.1. The van der Waals surface area contributed by atoms with E-state index in [0.29, 0.717) is 0 Å². The normalized spacial score (nSPS) is 11.9. The van der Waals surface area contributed by atoms with Crippen molar-refractivity contribution in [2.24, 2.45) is 0 Å². The van der Waals surface area contributed by atoms with Gasteiger partial charge in [-0.2, -0.15) is 0 Å². The minimum atomic E-state index is -4.01. The molecule has 0 unspecified atom stereocenters. The Balaban J connectivity index is 1.92. The Morgan fingerprint density at radius 1 is 0.846 bits per heavy atom. The first-order valence-corrected chi connectivity index (χ1v) is 11.2. The summed E-state index contributed by atoms with van der Waals surface area (Å²) in [5, 5.41) is 2.62. The lowest BCUT2D eigenvalue weighted by Gasteiger charge is -2.11. The molecular formula is C17H20N2O5S2. The Morgan fingerprint density at radius 3 is 2.04 bits per heavy atom. The number of sulfone groups is 1. The van der Waals surface area contributed by atoms with E-state index in [-0.39, 0.29) is 35.2 Å². The summed E-state index contributed by atoms with van der Waals surface area (Å²) in [5.74, 6) is -0.230. The molecule has 0 saturated carbocycles. The zero-order valence-electron chi connectivity index (χ0n) is 14.2. The predicted octanol–water partition coefficient (Wildman–Crippen LogP) is 0.727. The number of benzene rings is 2. The average molecular weight is 396 g/mol. The fraction of sp³-hybridized carbons (Fsp3) is 0.235. The Hall–Kier alpha value is -2.23. The van der Waals surface area contributed by atoms with Gasteiger partial charge in [0.2, 0.25) is 15.9 Å². The van der Waals surface area contributed by atoms with Crippen LogP contribution in [-0.4, -0.2) is 42.1 Å². The highest BCUT2D eigenvalue weighted by molar-refractivity contribution is 7.93. The molecular weight excluding hydrogens is 376 g/mol. The molecule has 0 aliphatic carbocycles. The Morgan fingerprint density at radius 2 is 1.42 bits per heavy atom. The second-order valence-corrected chi connectivity index (χ2v) is 9.35. The van der Waals surface area contributed by atoms with Crippen molar-refractivity contribution in [3.8, 4) is 0 Å². The van der Waals surface area contributed by atoms with Crippen LogP contribution < -0.4 is 10.0 Å². The number of amides is 1. The van der Waals surface area contributed by atoms with E-state index in [1.165, 1.54) is 24.3 Å². The maximum Gasteiger partial charge on any atom is 0.241 e. The molecule has 26 heavy (non-hydrogen) atoms. The van der Waals surface area contributed by atoms with Gasteiger partial charge in [-0.05, 0) is 17.7 Å². The van der Waals surface area contributed by atoms with Gasteiger partial charge in [-0.3, -0.25) is 4.79 Å². The molecule has 0 fully saturated rings. The summed E-state index contributed by atoms with van der Waals surface area (Å²) in [4.78, 5) is 11.3. The van der Waals surface area contributed by atoms with Crippen molar-refractivity contribution in [1.82, 2.24) is 10.0 Å². The van der Waals surface area contributed by atoms with Crippen molar-refractivity contribution in [2.45, 2.75) is 16.2 Å². The predicted molar refractivity (Wildman–Crippen MR) is 97.9 cm³/mol. The highest BCUT2D eigenvalue weighted by Gasteiger charge is 2.22. The average Bonchev–Trinajstić information content (AvgIpc) is 2.59. The van der Waals surface area contributed by atoms with Gasteiger partial charge in [-0.1, -0.05) is 42.5 Å². The standard InChI is InChI=1S/C17H20N2O5S2/c1-25(21,22)15-9-5-6-10-16(15)26(23,24)19-12-11-18-17(20)13-14-7-3-2-4-8-14/h2-10,19H,11-13H2,1H3,(H,18,20). The Bertz CT molecular complexity index is 971. The summed E-state index contributed by atoms with van der Waals surface area (Å²) in [6.07, 6.45) is 1.15. The van der Waals surface area contributed by atoms with Crippen LogP contribution in [0.15, 0.2) is 64.4 Å². The fourth-order valence-corrected chi connectivity index (χ4v) is 4.95. The highest BCUT2D eigenvalue weighted by Crippen LogP contribution is 2.20. The fourth-order valence-electron chi connectivity index (χ4n) is 2.29. The van der Waals surface area contributed by atoms with Crippen LogP contribution in [0.25, 0.3) is 0 Å². The van der Waals surface area contributed by atoms with E-state index in [1.54, 1.807) is 0 Å². The third kappa shape index (κ3) is 5.65. The van der Waals surface area contributed by atoms with E-state index in [2.05, 4.69) is 10.0 Å². The first-order valence-electron chi connectivity index (χ1n) is 7.79. The van der Waals surface area contributed by atoms with E-state index < -0.39 is 19.9 Å². The van der Waals surface area contributed by atoms with Gasteiger partial charge < -0.3 is 5.32 Å². The number of hydrogen-bond donors (Lipinski definition) is 2. The molecule has 0 aromatic heterocycles. The third-order valence-corrected chi connectivity index (χ3v) is 6.29. The zero-order chi connectivity index (χ0) is 19.2. The molecule has 0 aliphatic heterocycles. The molecule has 2 N–H and O–H groups in total. The second kappa shape index (κ2) is 8.43. The number of carbonyl (C=O) groups is 1. The smallest absolute Gasteiger partial charge is 0.241 e. The van der Waals surface area contributed by atoms with Crippen LogP contribution in [0.2, 0.25) is 0 Å². The summed E-state index contributed by atoms with van der Waals surface area (Å²) in [6, 6.07) is 14.5. The van der Waals surface area contributed by atoms with Gasteiger partial charge in [0.15, 0.2) is 9.84 Å². The van der Waals surface area contributed by atoms with E-state index in [0.717, 1.165) is 11.8 Å². The molecule has 2 aromatic rings. The minimum absolute atomic E-state index is 0.0546. The van der Waals surface area contributed by atoms with Gasteiger partial charge in [-0.15, -0.1) is 0 Å². The van der Waals surface area contributed by atoms with Crippen LogP contribution in [0.4, 0.5) is 0 Å². The SMILES string of the molecule is CS(=O)(=O)c1ccccc1S(=O)(=O)NCCNC(=O)Cc1ccccc1. The molecule has 0 bridgehead atoms. The van der Waals surface area contributed by atoms with Crippen LogP contribution in [0, 0.1) is 0 Å². The molecule has 140 valence electrons. The summed E-state index contributed by atoms with van der Waals surface area (Å²) < 4.78 is 50.5. The van der Waals surface area contributed by atoms with Crippen molar-refractivity contribution in [1.29, 1.82) is 0 Å². The maximum absolute atomic E-state index is 12.3. The van der Waals surface area contributed by atoms with Crippen LogP contribution in [0.3, 0.4) is 0 Å². The second-order valence-electron chi connectivity index (χ2n) is 5.63. The maximum atomic E-state index is 12.3. The van der Waals surface area contributed by atoms with Crippen LogP contribution >= 0.6 is 0 Å². The molecule has 0 heterocycles. The van der Waals surface area contributed by atoms with E-state index >= 15 is 0 Å². The summed E-state index contributed by atoms with van der Waals surface area (Å²) in [6.45, 7) is 0.0346. The lowest BCUT2D eigenvalue weighted by atomic mass is 10.1. The topological polar surface area (TPSA) is 109 Å². The molecule has 0 radical (unpaired) electrons. The van der Waals surface area contributed by atoms with Gasteiger partial charge in [0, 0.05) is 19.3 Å². The third-order valence-electron chi connectivity index (χ3n) is 3.48. The number of nitrogens with one attached hydrogen (secondary N) is 2. The van der Waals surface area contributed by atoms with E-state index in [1.807, 2.05) is 30.3 Å². The summed E-state index contributed by atoms with van der Waals surface area (Å²) >= 11 is 0. The van der Waals surface area contributed by atoms with Crippen molar-refractivity contribution in [3.63, 3.8) is 0 Å². The van der Waals surface area contributed by atoms with Crippen molar-refractivity contribution < 1.29 is 21.6 Å². The number of carbonyl (C=O) groups excluding carboxylic acids is 1. The molecule has 2 rings (SSSR count). The largest absolute Gasteiger partial charge is 0.355 e. The molecule has 2 aromatic carbocycles. The molecule has 0 atom stereocenters. The van der Waals surface area contributed by atoms with Crippen molar-refractivity contribution in [2.75, 3.05) is 19.3 Å².